The van der Waals surface area contributed by atoms with Gasteiger partial charge in [-0.05, 0) is 54.3 Å². The van der Waals surface area contributed by atoms with Gasteiger partial charge in [-0.3, -0.25) is 0 Å². The molecule has 1 N–H and O–H groups in total. The normalized spacial score (nSPS) is 10.6. The molecule has 2 aromatic rings. The van der Waals surface area contributed by atoms with Gasteiger partial charge in [0.15, 0.2) is 0 Å². The zero-order valence-electron chi connectivity index (χ0n) is 11.6. The van der Waals surface area contributed by atoms with Gasteiger partial charge in [0.2, 0.25) is 0 Å². The van der Waals surface area contributed by atoms with Crippen molar-refractivity contribution in [1.82, 2.24) is 0 Å². The lowest BCUT2D eigenvalue weighted by molar-refractivity contribution is 0.625. The fourth-order valence-electron chi connectivity index (χ4n) is 2.05. The van der Waals surface area contributed by atoms with E-state index in [4.69, 9.17) is 0 Å². The molecule has 0 amide bonds. The van der Waals surface area contributed by atoms with Crippen molar-refractivity contribution in [2.45, 2.75) is 32.7 Å². The Bertz CT molecular complexity index is 551. The summed E-state index contributed by atoms with van der Waals surface area (Å²) in [6.45, 7) is 2.80. The molecule has 0 heterocycles. The molecule has 0 unspecified atom stereocenters. The first-order valence-electron chi connectivity index (χ1n) is 6.96. The summed E-state index contributed by atoms with van der Waals surface area (Å²) >= 11 is 3.44. The van der Waals surface area contributed by atoms with E-state index in [1.807, 2.05) is 0 Å². The zero-order valence-corrected chi connectivity index (χ0v) is 13.2. The predicted molar refractivity (Wildman–Crippen MR) is 86.5 cm³/mol. The van der Waals surface area contributed by atoms with Crippen molar-refractivity contribution in [2.75, 3.05) is 5.32 Å². The molecule has 2 rings (SSSR count). The Balaban J connectivity index is 1.95. The molecule has 0 radical (unpaired) electrons. The van der Waals surface area contributed by atoms with Crippen molar-refractivity contribution in [3.8, 4) is 0 Å². The van der Waals surface area contributed by atoms with Crippen LogP contribution in [0.15, 0.2) is 46.9 Å². The van der Waals surface area contributed by atoms with Gasteiger partial charge in [0.05, 0.1) is 0 Å². The van der Waals surface area contributed by atoms with Gasteiger partial charge in [-0.1, -0.05) is 41.4 Å². The number of unbranched alkanes of at least 4 members (excludes halogenated alkanes) is 1. The van der Waals surface area contributed by atoms with Gasteiger partial charge in [-0.2, -0.15) is 0 Å². The van der Waals surface area contributed by atoms with Crippen LogP contribution in [0.4, 0.5) is 10.1 Å². The highest BCUT2D eigenvalue weighted by Crippen LogP contribution is 2.19. The molecule has 0 spiro atoms. The number of anilines is 1. The molecule has 0 aromatic heterocycles. The molecular weight excluding hydrogens is 317 g/mol. The van der Waals surface area contributed by atoms with Crippen LogP contribution in [0.2, 0.25) is 0 Å². The van der Waals surface area contributed by atoms with Crippen LogP contribution >= 0.6 is 15.9 Å². The second-order valence-electron chi connectivity index (χ2n) is 4.89. The summed E-state index contributed by atoms with van der Waals surface area (Å²) in [7, 11) is 0. The van der Waals surface area contributed by atoms with E-state index in [2.05, 4.69) is 52.4 Å². The molecule has 0 bridgehead atoms. The van der Waals surface area contributed by atoms with Crippen LogP contribution in [0, 0.1) is 5.82 Å². The summed E-state index contributed by atoms with van der Waals surface area (Å²) in [6.07, 6.45) is 3.57. The summed E-state index contributed by atoms with van der Waals surface area (Å²) in [5.74, 6) is -0.208. The van der Waals surface area contributed by atoms with E-state index in [-0.39, 0.29) is 5.82 Å². The molecule has 2 aromatic carbocycles. The molecule has 0 saturated heterocycles. The van der Waals surface area contributed by atoms with E-state index in [9.17, 15) is 4.39 Å². The van der Waals surface area contributed by atoms with E-state index >= 15 is 0 Å². The van der Waals surface area contributed by atoms with E-state index in [1.54, 1.807) is 12.1 Å². The predicted octanol–water partition coefficient (Wildman–Crippen LogP) is 5.54. The average Bonchev–Trinajstić information content (AvgIpc) is 2.47. The Labute approximate surface area is 128 Å². The van der Waals surface area contributed by atoms with Crippen molar-refractivity contribution < 1.29 is 4.39 Å². The minimum absolute atomic E-state index is 0.208. The van der Waals surface area contributed by atoms with Crippen molar-refractivity contribution >= 4 is 21.6 Å². The van der Waals surface area contributed by atoms with Crippen molar-refractivity contribution in [1.29, 1.82) is 0 Å². The van der Waals surface area contributed by atoms with Crippen molar-refractivity contribution in [2.24, 2.45) is 0 Å². The van der Waals surface area contributed by atoms with E-state index in [0.29, 0.717) is 6.54 Å². The molecule has 3 heteroatoms. The first-order chi connectivity index (χ1) is 9.69. The number of nitrogens with one attached hydrogen (secondary N) is 1. The first-order valence-corrected chi connectivity index (χ1v) is 7.75. The van der Waals surface area contributed by atoms with Gasteiger partial charge < -0.3 is 5.32 Å². The molecule has 0 fully saturated rings. The Morgan fingerprint density at radius 3 is 2.55 bits per heavy atom. The number of benzene rings is 2. The minimum atomic E-state index is -0.208. The molecule has 20 heavy (non-hydrogen) atoms. The highest BCUT2D eigenvalue weighted by Gasteiger charge is 2.02. The number of halogens is 2. The van der Waals surface area contributed by atoms with Crippen LogP contribution in [-0.4, -0.2) is 0 Å². The van der Waals surface area contributed by atoms with Gasteiger partial charge in [-0.15, -0.1) is 0 Å². The standard InChI is InChI=1S/C17H19BrFN/c1-2-3-4-13-5-8-16(9-6-13)20-12-14-11-15(19)7-10-17(14)18/h5-11,20H,2-4,12H2,1H3. The zero-order chi connectivity index (χ0) is 14.4. The molecule has 106 valence electrons. The van der Waals surface area contributed by atoms with Gasteiger partial charge >= 0.3 is 0 Å². The van der Waals surface area contributed by atoms with Gasteiger partial charge in [-0.25, -0.2) is 4.39 Å². The fourth-order valence-corrected chi connectivity index (χ4v) is 2.43. The first kappa shape index (κ1) is 15.0. The van der Waals surface area contributed by atoms with Crippen LogP contribution in [0.1, 0.15) is 30.9 Å². The maximum absolute atomic E-state index is 13.2. The van der Waals surface area contributed by atoms with Gasteiger partial charge in [0, 0.05) is 16.7 Å². The second kappa shape index (κ2) is 7.44. The molecule has 0 atom stereocenters. The summed E-state index contributed by atoms with van der Waals surface area (Å²) < 4.78 is 14.1. The van der Waals surface area contributed by atoms with Gasteiger partial charge in [0.1, 0.15) is 5.82 Å². The Kier molecular flexibility index (Phi) is 5.60. The van der Waals surface area contributed by atoms with E-state index in [0.717, 1.165) is 22.1 Å². The quantitative estimate of drug-likeness (QED) is 0.730. The third-order valence-corrected chi connectivity index (χ3v) is 4.04. The van der Waals surface area contributed by atoms with Gasteiger partial charge in [0.25, 0.3) is 0 Å². The third-order valence-electron chi connectivity index (χ3n) is 3.26. The molecule has 1 nitrogen and oxygen atoms in total. The Hall–Kier alpha value is -1.35. The molecule has 0 saturated carbocycles. The number of aryl methyl sites for hydroxylation is 1. The van der Waals surface area contributed by atoms with Crippen molar-refractivity contribution in [3.63, 3.8) is 0 Å². The highest BCUT2D eigenvalue weighted by molar-refractivity contribution is 9.10. The summed E-state index contributed by atoms with van der Waals surface area (Å²) in [5.41, 5.74) is 3.34. The molecule has 0 aliphatic carbocycles. The largest absolute Gasteiger partial charge is 0.381 e. The second-order valence-corrected chi connectivity index (χ2v) is 5.74. The highest BCUT2D eigenvalue weighted by atomic mass is 79.9. The van der Waals surface area contributed by atoms with Crippen LogP contribution < -0.4 is 5.32 Å². The molecule has 0 aliphatic heterocycles. The Morgan fingerprint density at radius 2 is 1.85 bits per heavy atom. The number of rotatable bonds is 6. The van der Waals surface area contributed by atoms with Crippen LogP contribution in [0.3, 0.4) is 0 Å². The molecular formula is C17H19BrFN. The average molecular weight is 336 g/mol. The van der Waals surface area contributed by atoms with Crippen molar-refractivity contribution in [3.05, 3.63) is 63.9 Å². The Morgan fingerprint density at radius 1 is 1.10 bits per heavy atom. The fraction of sp³-hybridized carbons (Fsp3) is 0.294. The third kappa shape index (κ3) is 4.34. The maximum atomic E-state index is 13.2. The topological polar surface area (TPSA) is 12.0 Å². The minimum Gasteiger partial charge on any atom is -0.381 e. The summed E-state index contributed by atoms with van der Waals surface area (Å²) in [5, 5.41) is 3.32. The van der Waals surface area contributed by atoms with Crippen LogP contribution in [0.25, 0.3) is 0 Å². The van der Waals surface area contributed by atoms with Crippen LogP contribution in [0.5, 0.6) is 0 Å². The lowest BCUT2D eigenvalue weighted by Gasteiger charge is -2.09. The SMILES string of the molecule is CCCCc1ccc(NCc2cc(F)ccc2Br)cc1. The number of hydrogen-bond donors (Lipinski definition) is 1. The monoisotopic (exact) mass is 335 g/mol. The van der Waals surface area contributed by atoms with E-state index in [1.165, 1.54) is 24.5 Å². The lowest BCUT2D eigenvalue weighted by Crippen LogP contribution is -2.00. The summed E-state index contributed by atoms with van der Waals surface area (Å²) in [6, 6.07) is 13.2. The van der Waals surface area contributed by atoms with Crippen LogP contribution in [-0.2, 0) is 13.0 Å². The van der Waals surface area contributed by atoms with E-state index < -0.39 is 0 Å². The lowest BCUT2D eigenvalue weighted by atomic mass is 10.1. The number of hydrogen-bond acceptors (Lipinski definition) is 1. The maximum Gasteiger partial charge on any atom is 0.123 e. The smallest absolute Gasteiger partial charge is 0.123 e. The molecule has 0 aliphatic rings. The summed E-state index contributed by atoms with van der Waals surface area (Å²) in [4.78, 5) is 0.